The van der Waals surface area contributed by atoms with Gasteiger partial charge in [-0.3, -0.25) is 4.98 Å². The van der Waals surface area contributed by atoms with Crippen LogP contribution in [0.2, 0.25) is 0 Å². The number of pyridine rings is 1. The second kappa shape index (κ2) is 6.76. The molecule has 0 radical (unpaired) electrons. The Bertz CT molecular complexity index is 691. The van der Waals surface area contributed by atoms with Crippen molar-refractivity contribution in [2.75, 3.05) is 5.32 Å². The summed E-state index contributed by atoms with van der Waals surface area (Å²) in [5.41, 5.74) is 2.87. The molecule has 3 nitrogen and oxygen atoms in total. The van der Waals surface area contributed by atoms with Gasteiger partial charge in [-0.25, -0.2) is 0 Å². The Kier molecular flexibility index (Phi) is 4.50. The molecule has 0 saturated heterocycles. The quantitative estimate of drug-likeness (QED) is 0.755. The largest absolute Gasteiger partial charge is 0.393 e. The van der Waals surface area contributed by atoms with Crippen molar-refractivity contribution in [2.45, 2.75) is 83.8 Å². The van der Waals surface area contributed by atoms with Crippen LogP contribution in [0.5, 0.6) is 0 Å². The molecule has 8 unspecified atom stereocenters. The molecule has 4 fully saturated rings. The lowest BCUT2D eigenvalue weighted by molar-refractivity contribution is -0.0935. The predicted molar refractivity (Wildman–Crippen MR) is 110 cm³/mol. The number of rotatable bonds is 2. The van der Waals surface area contributed by atoms with Crippen LogP contribution in [0.15, 0.2) is 18.3 Å². The molecule has 0 aliphatic heterocycles. The Morgan fingerprint density at radius 1 is 1.04 bits per heavy atom. The molecule has 4 aliphatic carbocycles. The van der Waals surface area contributed by atoms with Crippen LogP contribution in [0.3, 0.4) is 0 Å². The number of aryl methyl sites for hydroxylation is 1. The maximum Gasteiger partial charge on any atom is 0.0603 e. The molecule has 1 aromatic heterocycles. The van der Waals surface area contributed by atoms with Crippen molar-refractivity contribution in [1.29, 1.82) is 0 Å². The van der Waals surface area contributed by atoms with Crippen LogP contribution in [0.1, 0.15) is 70.4 Å². The first-order valence-electron chi connectivity index (χ1n) is 11.4. The van der Waals surface area contributed by atoms with Crippen LogP contribution in [0.4, 0.5) is 5.69 Å². The third-order valence-corrected chi connectivity index (χ3v) is 9.19. The van der Waals surface area contributed by atoms with E-state index < -0.39 is 0 Å². The van der Waals surface area contributed by atoms with Gasteiger partial charge in [-0.2, -0.15) is 0 Å². The fourth-order valence-electron chi connectivity index (χ4n) is 7.96. The smallest absolute Gasteiger partial charge is 0.0603 e. The number of aliphatic hydroxyl groups is 1. The monoisotopic (exact) mass is 368 g/mol. The van der Waals surface area contributed by atoms with E-state index in [0.717, 1.165) is 48.1 Å². The van der Waals surface area contributed by atoms with Gasteiger partial charge in [0.25, 0.3) is 0 Å². The summed E-state index contributed by atoms with van der Waals surface area (Å²) in [5, 5.41) is 14.1. The van der Waals surface area contributed by atoms with E-state index in [0.29, 0.717) is 11.5 Å². The van der Waals surface area contributed by atoms with Gasteiger partial charge in [-0.05, 0) is 112 Å². The molecule has 0 aromatic carbocycles. The topological polar surface area (TPSA) is 45.2 Å². The maximum absolute atomic E-state index is 10.3. The second-order valence-corrected chi connectivity index (χ2v) is 10.4. The molecule has 27 heavy (non-hydrogen) atoms. The number of aliphatic hydroxyl groups excluding tert-OH is 1. The van der Waals surface area contributed by atoms with Crippen molar-refractivity contribution in [3.8, 4) is 0 Å². The summed E-state index contributed by atoms with van der Waals surface area (Å²) < 4.78 is 0. The molecule has 1 aromatic rings. The van der Waals surface area contributed by atoms with E-state index in [-0.39, 0.29) is 6.10 Å². The van der Waals surface area contributed by atoms with Gasteiger partial charge in [0.2, 0.25) is 0 Å². The van der Waals surface area contributed by atoms with Gasteiger partial charge >= 0.3 is 0 Å². The highest BCUT2D eigenvalue weighted by Gasteiger charge is 2.56. The molecule has 0 bridgehead atoms. The average Bonchev–Trinajstić information content (AvgIpc) is 3.03. The lowest BCUT2D eigenvalue weighted by Crippen LogP contribution is -2.52. The van der Waals surface area contributed by atoms with E-state index in [1.807, 2.05) is 12.3 Å². The first-order chi connectivity index (χ1) is 13.0. The Morgan fingerprint density at radius 2 is 1.89 bits per heavy atom. The molecule has 148 valence electrons. The zero-order chi connectivity index (χ0) is 18.6. The predicted octanol–water partition coefficient (Wildman–Crippen LogP) is 5.18. The highest BCUT2D eigenvalue weighted by molar-refractivity contribution is 5.47. The fraction of sp³-hybridized carbons (Fsp3) is 0.792. The van der Waals surface area contributed by atoms with E-state index in [1.54, 1.807) is 0 Å². The number of aromatic nitrogens is 1. The lowest BCUT2D eigenvalue weighted by Gasteiger charge is -2.59. The van der Waals surface area contributed by atoms with Crippen molar-refractivity contribution in [3.05, 3.63) is 24.0 Å². The van der Waals surface area contributed by atoms with E-state index in [1.165, 1.54) is 50.6 Å². The molecular weight excluding hydrogens is 332 g/mol. The molecule has 2 N–H and O–H groups in total. The van der Waals surface area contributed by atoms with E-state index >= 15 is 0 Å². The van der Waals surface area contributed by atoms with E-state index in [9.17, 15) is 5.11 Å². The molecule has 1 heterocycles. The Balaban J connectivity index is 1.30. The van der Waals surface area contributed by atoms with Crippen LogP contribution >= 0.6 is 0 Å². The highest BCUT2D eigenvalue weighted by Crippen LogP contribution is 2.64. The molecule has 5 rings (SSSR count). The highest BCUT2D eigenvalue weighted by atomic mass is 16.3. The van der Waals surface area contributed by atoms with Gasteiger partial charge in [-0.15, -0.1) is 0 Å². The lowest BCUT2D eigenvalue weighted by atomic mass is 9.46. The van der Waals surface area contributed by atoms with Crippen LogP contribution in [0, 0.1) is 41.9 Å². The summed E-state index contributed by atoms with van der Waals surface area (Å²) in [5.74, 6) is 4.30. The van der Waals surface area contributed by atoms with Crippen LogP contribution in [-0.4, -0.2) is 22.2 Å². The standard InChI is InChI=1S/C24H36N2O/c1-15-23(4-3-11-25-15)26-18-6-8-21-17(12-18)5-7-22-20-14-19(27)13-16(20)9-10-24(21,22)2/h3-4,11,16-22,26-27H,5-10,12-14H2,1-2H3. The number of hydrogen-bond acceptors (Lipinski definition) is 3. The average molecular weight is 369 g/mol. The summed E-state index contributed by atoms with van der Waals surface area (Å²) in [7, 11) is 0. The van der Waals surface area contributed by atoms with Crippen molar-refractivity contribution >= 4 is 5.69 Å². The molecule has 0 spiro atoms. The van der Waals surface area contributed by atoms with Crippen molar-refractivity contribution in [3.63, 3.8) is 0 Å². The van der Waals surface area contributed by atoms with Gasteiger partial charge in [0.15, 0.2) is 0 Å². The molecule has 4 aliphatic rings. The van der Waals surface area contributed by atoms with Gasteiger partial charge in [0.05, 0.1) is 17.5 Å². The van der Waals surface area contributed by atoms with Crippen molar-refractivity contribution in [1.82, 2.24) is 4.98 Å². The first-order valence-corrected chi connectivity index (χ1v) is 11.4. The van der Waals surface area contributed by atoms with E-state index in [2.05, 4.69) is 30.2 Å². The minimum Gasteiger partial charge on any atom is -0.393 e. The Hall–Kier alpha value is -1.09. The fourth-order valence-corrected chi connectivity index (χ4v) is 7.96. The van der Waals surface area contributed by atoms with Gasteiger partial charge in [0.1, 0.15) is 0 Å². The van der Waals surface area contributed by atoms with Crippen molar-refractivity contribution in [2.24, 2.45) is 35.0 Å². The van der Waals surface area contributed by atoms with Crippen LogP contribution in [0.25, 0.3) is 0 Å². The zero-order valence-corrected chi connectivity index (χ0v) is 17.0. The van der Waals surface area contributed by atoms with Gasteiger partial charge in [-0.1, -0.05) is 6.92 Å². The van der Waals surface area contributed by atoms with Crippen molar-refractivity contribution < 1.29 is 5.11 Å². The molecule has 0 amide bonds. The maximum atomic E-state index is 10.3. The van der Waals surface area contributed by atoms with Crippen LogP contribution in [-0.2, 0) is 0 Å². The summed E-state index contributed by atoms with van der Waals surface area (Å²) in [6, 6.07) is 4.83. The molecule has 3 heteroatoms. The number of fused-ring (bicyclic) bond motifs is 5. The number of nitrogens with zero attached hydrogens (tertiary/aromatic N) is 1. The van der Waals surface area contributed by atoms with E-state index in [4.69, 9.17) is 0 Å². The normalized spacial score (nSPS) is 46.3. The number of nitrogens with one attached hydrogen (secondary N) is 1. The summed E-state index contributed by atoms with van der Waals surface area (Å²) in [6.45, 7) is 4.74. The third kappa shape index (κ3) is 3.01. The van der Waals surface area contributed by atoms with Gasteiger partial charge < -0.3 is 10.4 Å². The molecule has 8 atom stereocenters. The third-order valence-electron chi connectivity index (χ3n) is 9.19. The number of hydrogen-bond donors (Lipinski definition) is 2. The summed E-state index contributed by atoms with van der Waals surface area (Å²) in [6.07, 6.45) is 13.7. The zero-order valence-electron chi connectivity index (χ0n) is 17.0. The minimum atomic E-state index is -0.0114. The molecule has 4 saturated carbocycles. The summed E-state index contributed by atoms with van der Waals surface area (Å²) in [4.78, 5) is 4.44. The van der Waals surface area contributed by atoms with Crippen LogP contribution < -0.4 is 5.32 Å². The Morgan fingerprint density at radius 3 is 2.74 bits per heavy atom. The Labute approximate surface area is 164 Å². The first kappa shape index (κ1) is 18.0. The SMILES string of the molecule is Cc1ncccc1NC1CCC2C(CCC3C4CC(O)CC4CCC23C)C1. The minimum absolute atomic E-state index is 0.0114. The number of anilines is 1. The second-order valence-electron chi connectivity index (χ2n) is 10.4. The van der Waals surface area contributed by atoms with Gasteiger partial charge in [0, 0.05) is 12.2 Å². The molecular formula is C24H36N2O. The summed E-state index contributed by atoms with van der Waals surface area (Å²) >= 11 is 0.